The molecule has 5 heteroatoms. The zero-order valence-corrected chi connectivity index (χ0v) is 13.7. The Kier molecular flexibility index (Phi) is 4.02. The molecule has 0 spiro atoms. The maximum absolute atomic E-state index is 6.02. The van der Waals surface area contributed by atoms with Gasteiger partial charge in [0.2, 0.25) is 0 Å². The summed E-state index contributed by atoms with van der Waals surface area (Å²) in [6, 6.07) is 16.5. The van der Waals surface area contributed by atoms with Crippen LogP contribution in [-0.2, 0) is 6.54 Å². The summed E-state index contributed by atoms with van der Waals surface area (Å²) in [7, 11) is 2.09. The lowest BCUT2D eigenvalue weighted by Gasteiger charge is -2.26. The molecule has 0 aliphatic carbocycles. The molecule has 0 saturated carbocycles. The Morgan fingerprint density at radius 2 is 1.61 bits per heavy atom. The van der Waals surface area contributed by atoms with Crippen LogP contribution < -0.4 is 10.7 Å². The lowest BCUT2D eigenvalue weighted by Crippen LogP contribution is -2.20. The standard InChI is InChI=1S/C16H15N5.C2H6/c1-20-10-11-6-2-3-7-12(11)16-15(18-19-21(16)17)13-8-4-5-9-14(13)20;1-2/h2-9H,10,17H2,1H3;1-2H3. The van der Waals surface area contributed by atoms with Crippen LogP contribution in [0.3, 0.4) is 0 Å². The predicted molar refractivity (Wildman–Crippen MR) is 94.5 cm³/mol. The summed E-state index contributed by atoms with van der Waals surface area (Å²) in [5, 5.41) is 8.32. The van der Waals surface area contributed by atoms with Gasteiger partial charge in [0, 0.05) is 30.4 Å². The number of rotatable bonds is 0. The van der Waals surface area contributed by atoms with Crippen LogP contribution in [0.1, 0.15) is 19.4 Å². The number of aromatic nitrogens is 3. The highest BCUT2D eigenvalue weighted by Crippen LogP contribution is 2.39. The summed E-state index contributed by atoms with van der Waals surface area (Å²) in [6.07, 6.45) is 0. The van der Waals surface area contributed by atoms with E-state index in [1.54, 1.807) is 0 Å². The molecule has 1 aromatic heterocycles. The van der Waals surface area contributed by atoms with Gasteiger partial charge in [-0.05, 0) is 16.8 Å². The van der Waals surface area contributed by atoms with Gasteiger partial charge in [-0.2, -0.15) is 4.79 Å². The van der Waals surface area contributed by atoms with Gasteiger partial charge in [-0.15, -0.1) is 5.10 Å². The van der Waals surface area contributed by atoms with Crippen molar-refractivity contribution in [2.75, 3.05) is 17.8 Å². The third-order valence-corrected chi connectivity index (χ3v) is 3.94. The first-order valence-corrected chi connectivity index (χ1v) is 7.85. The maximum atomic E-state index is 6.02. The zero-order chi connectivity index (χ0) is 16.4. The second kappa shape index (κ2) is 6.12. The Bertz CT molecular complexity index is 822. The van der Waals surface area contributed by atoms with E-state index in [4.69, 9.17) is 5.84 Å². The largest absolute Gasteiger partial charge is 0.370 e. The van der Waals surface area contributed by atoms with Gasteiger partial charge < -0.3 is 10.7 Å². The van der Waals surface area contributed by atoms with E-state index in [0.29, 0.717) is 0 Å². The summed E-state index contributed by atoms with van der Waals surface area (Å²) in [5.74, 6) is 6.02. The number of hydrogen-bond acceptors (Lipinski definition) is 4. The Balaban J connectivity index is 0.000000753. The molecule has 1 aliphatic rings. The molecule has 23 heavy (non-hydrogen) atoms. The van der Waals surface area contributed by atoms with Gasteiger partial charge in [0.25, 0.3) is 0 Å². The number of nitrogen functional groups attached to an aromatic ring is 1. The highest BCUT2D eigenvalue weighted by molar-refractivity contribution is 5.87. The average Bonchev–Trinajstić information content (AvgIpc) is 2.97. The van der Waals surface area contributed by atoms with Gasteiger partial charge in [0.05, 0.1) is 0 Å². The van der Waals surface area contributed by atoms with Crippen LogP contribution in [0.4, 0.5) is 5.69 Å². The molecule has 2 heterocycles. The molecular formula is C18H21N5. The molecule has 0 unspecified atom stereocenters. The summed E-state index contributed by atoms with van der Waals surface area (Å²) in [6.45, 7) is 4.82. The minimum Gasteiger partial charge on any atom is -0.370 e. The predicted octanol–water partition coefficient (Wildman–Crippen LogP) is 3.30. The van der Waals surface area contributed by atoms with Gasteiger partial charge in [0.1, 0.15) is 11.4 Å². The molecule has 2 aromatic carbocycles. The van der Waals surface area contributed by atoms with Crippen molar-refractivity contribution >= 4 is 5.69 Å². The van der Waals surface area contributed by atoms with E-state index >= 15 is 0 Å². The summed E-state index contributed by atoms with van der Waals surface area (Å²) in [4.78, 5) is 3.60. The molecule has 0 saturated heterocycles. The van der Waals surface area contributed by atoms with Crippen LogP contribution in [0.5, 0.6) is 0 Å². The van der Waals surface area contributed by atoms with E-state index in [2.05, 4.69) is 46.5 Å². The van der Waals surface area contributed by atoms with Gasteiger partial charge in [-0.3, -0.25) is 0 Å². The number of fused-ring (bicyclic) bond motifs is 5. The van der Waals surface area contributed by atoms with Gasteiger partial charge >= 0.3 is 0 Å². The Hall–Kier alpha value is -2.82. The lowest BCUT2D eigenvalue weighted by molar-refractivity contribution is 0.770. The van der Waals surface area contributed by atoms with E-state index < -0.39 is 0 Å². The molecule has 0 atom stereocenters. The third-order valence-electron chi connectivity index (χ3n) is 3.94. The van der Waals surface area contributed by atoms with Crippen molar-refractivity contribution in [3.8, 4) is 22.5 Å². The van der Waals surface area contributed by atoms with E-state index in [1.165, 1.54) is 10.4 Å². The maximum Gasteiger partial charge on any atom is 0.125 e. The Morgan fingerprint density at radius 1 is 0.957 bits per heavy atom. The van der Waals surface area contributed by atoms with Crippen LogP contribution in [0, 0.1) is 0 Å². The number of nitrogens with zero attached hydrogens (tertiary/aromatic N) is 4. The molecule has 3 aromatic rings. The molecule has 0 bridgehead atoms. The smallest absolute Gasteiger partial charge is 0.125 e. The van der Waals surface area contributed by atoms with Crippen molar-refractivity contribution in [2.24, 2.45) is 0 Å². The van der Waals surface area contributed by atoms with Crippen molar-refractivity contribution in [3.05, 3.63) is 54.1 Å². The van der Waals surface area contributed by atoms with Crippen LogP contribution >= 0.6 is 0 Å². The van der Waals surface area contributed by atoms with E-state index in [0.717, 1.165) is 34.7 Å². The van der Waals surface area contributed by atoms with Gasteiger partial charge in [-0.1, -0.05) is 56.3 Å². The second-order valence-electron chi connectivity index (χ2n) is 5.26. The SMILES string of the molecule is CC.CN1Cc2ccccc2-c2c(nnn2N)-c2ccccc21. The minimum atomic E-state index is 0.817. The van der Waals surface area contributed by atoms with Crippen molar-refractivity contribution in [1.29, 1.82) is 0 Å². The van der Waals surface area contributed by atoms with Gasteiger partial charge in [-0.25, -0.2) is 0 Å². The molecule has 5 nitrogen and oxygen atoms in total. The molecule has 1 aliphatic heterocycles. The highest BCUT2D eigenvalue weighted by atomic mass is 15.6. The minimum absolute atomic E-state index is 0.817. The summed E-state index contributed by atoms with van der Waals surface area (Å²) < 4.78 is 0. The van der Waals surface area contributed by atoms with E-state index in [1.807, 2.05) is 38.1 Å². The molecule has 0 radical (unpaired) electrons. The van der Waals surface area contributed by atoms with Crippen LogP contribution in [-0.4, -0.2) is 22.2 Å². The topological polar surface area (TPSA) is 60.0 Å². The fourth-order valence-corrected chi connectivity index (χ4v) is 2.96. The lowest BCUT2D eigenvalue weighted by atomic mass is 9.96. The van der Waals surface area contributed by atoms with Crippen LogP contribution in [0.2, 0.25) is 0 Å². The van der Waals surface area contributed by atoms with Crippen LogP contribution in [0.15, 0.2) is 48.5 Å². The molecular weight excluding hydrogens is 286 g/mol. The molecule has 0 fully saturated rings. The number of nitrogens with two attached hydrogens (primary N) is 1. The number of para-hydroxylation sites is 1. The van der Waals surface area contributed by atoms with Gasteiger partial charge in [0.15, 0.2) is 0 Å². The normalized spacial score (nSPS) is 12.0. The Morgan fingerprint density at radius 3 is 2.39 bits per heavy atom. The third kappa shape index (κ3) is 2.44. The van der Waals surface area contributed by atoms with E-state index in [9.17, 15) is 0 Å². The quantitative estimate of drug-likeness (QED) is 0.647. The number of benzene rings is 2. The number of anilines is 1. The zero-order valence-electron chi connectivity index (χ0n) is 13.7. The van der Waals surface area contributed by atoms with E-state index in [-0.39, 0.29) is 0 Å². The van der Waals surface area contributed by atoms with Crippen molar-refractivity contribution in [1.82, 2.24) is 15.1 Å². The van der Waals surface area contributed by atoms with Crippen LogP contribution in [0.25, 0.3) is 22.5 Å². The van der Waals surface area contributed by atoms with Crippen molar-refractivity contribution in [3.63, 3.8) is 0 Å². The first-order valence-electron chi connectivity index (χ1n) is 7.85. The van der Waals surface area contributed by atoms with Crippen molar-refractivity contribution in [2.45, 2.75) is 20.4 Å². The number of hydrogen-bond donors (Lipinski definition) is 1. The monoisotopic (exact) mass is 307 g/mol. The summed E-state index contributed by atoms with van der Waals surface area (Å²) >= 11 is 0. The second-order valence-corrected chi connectivity index (χ2v) is 5.26. The fraction of sp³-hybridized carbons (Fsp3) is 0.222. The average molecular weight is 307 g/mol. The molecule has 4 rings (SSSR count). The molecule has 0 amide bonds. The molecule has 118 valence electrons. The summed E-state index contributed by atoms with van der Waals surface area (Å²) in [5.41, 5.74) is 6.18. The van der Waals surface area contributed by atoms with Crippen molar-refractivity contribution < 1.29 is 0 Å². The molecule has 2 N–H and O–H groups in total. The first-order chi connectivity index (χ1) is 11.3. The highest BCUT2D eigenvalue weighted by Gasteiger charge is 2.24. The fourth-order valence-electron chi connectivity index (χ4n) is 2.96. The first kappa shape index (κ1) is 15.1. The Labute approximate surface area is 136 Å².